The van der Waals surface area contributed by atoms with Crippen LogP contribution in [0.2, 0.25) is 0 Å². The lowest BCUT2D eigenvalue weighted by molar-refractivity contribution is -0.145. The van der Waals surface area contributed by atoms with Gasteiger partial charge in [0.2, 0.25) is 0 Å². The normalized spacial score (nSPS) is 12.6. The number of benzene rings is 2. The number of rotatable bonds is 9. The molecule has 1 atom stereocenters. The highest BCUT2D eigenvalue weighted by molar-refractivity contribution is 7.99. The zero-order valence-corrected chi connectivity index (χ0v) is 20.2. The third-order valence-corrected chi connectivity index (χ3v) is 6.45. The number of H-pyrrole nitrogens is 1. The number of carbonyl (C=O) groups excluding carboxylic acids is 1. The Hall–Kier alpha value is -2.94. The summed E-state index contributed by atoms with van der Waals surface area (Å²) in [6, 6.07) is 9.97. The number of thioether (sulfide) groups is 1. The zero-order valence-electron chi connectivity index (χ0n) is 19.4. The molecule has 1 aromatic heterocycles. The number of hydrogen-bond donors (Lipinski definition) is 1. The molecule has 0 fully saturated rings. The van der Waals surface area contributed by atoms with Crippen LogP contribution in [-0.4, -0.2) is 29.2 Å². The van der Waals surface area contributed by atoms with Crippen molar-refractivity contribution in [3.05, 3.63) is 76.9 Å². The van der Waals surface area contributed by atoms with E-state index in [9.17, 15) is 18.0 Å². The van der Waals surface area contributed by atoms with Gasteiger partial charge in [-0.2, -0.15) is 13.2 Å². The Balaban J connectivity index is 1.91. The molecule has 0 amide bonds. The maximum Gasteiger partial charge on any atom is 0.416 e. The minimum atomic E-state index is -4.45. The van der Waals surface area contributed by atoms with E-state index in [0.717, 1.165) is 10.5 Å². The van der Waals surface area contributed by atoms with E-state index >= 15 is 0 Å². The number of ether oxygens (including phenoxy) is 2. The number of esters is 1. The summed E-state index contributed by atoms with van der Waals surface area (Å²) < 4.78 is 51.9. The number of aromatic amines is 1. The summed E-state index contributed by atoms with van der Waals surface area (Å²) >= 11 is 1.40. The highest BCUT2D eigenvalue weighted by Crippen LogP contribution is 2.44. The van der Waals surface area contributed by atoms with Crippen LogP contribution < -0.4 is 4.74 Å². The van der Waals surface area contributed by atoms with Crippen LogP contribution >= 0.6 is 11.8 Å². The lowest BCUT2D eigenvalue weighted by Crippen LogP contribution is -2.14. The molecule has 5 nitrogen and oxygen atoms in total. The van der Waals surface area contributed by atoms with E-state index in [1.54, 1.807) is 45.2 Å². The second-order valence-electron chi connectivity index (χ2n) is 8.02. The summed E-state index contributed by atoms with van der Waals surface area (Å²) in [6.45, 7) is 7.15. The Kier molecular flexibility index (Phi) is 8.30. The second-order valence-corrected chi connectivity index (χ2v) is 9.20. The molecule has 0 aliphatic carbocycles. The number of aryl methyl sites for hydroxylation is 1. The Labute approximate surface area is 201 Å². The van der Waals surface area contributed by atoms with Crippen LogP contribution in [0.3, 0.4) is 0 Å². The average molecular weight is 493 g/mol. The number of nitrogens with zero attached hydrogens (tertiary/aromatic N) is 1. The number of carbonyl (C=O) groups is 1. The van der Waals surface area contributed by atoms with E-state index in [0.29, 0.717) is 17.0 Å². The van der Waals surface area contributed by atoms with Crippen LogP contribution in [0.5, 0.6) is 5.75 Å². The minimum absolute atomic E-state index is 0.194. The van der Waals surface area contributed by atoms with Gasteiger partial charge in [-0.15, -0.1) is 11.8 Å². The van der Waals surface area contributed by atoms with Crippen molar-refractivity contribution in [2.24, 2.45) is 0 Å². The van der Waals surface area contributed by atoms with Crippen LogP contribution in [0.1, 0.15) is 59.9 Å². The van der Waals surface area contributed by atoms with Gasteiger partial charge in [0.1, 0.15) is 5.75 Å². The van der Waals surface area contributed by atoms with Gasteiger partial charge in [0.25, 0.3) is 0 Å². The van der Waals surface area contributed by atoms with Crippen molar-refractivity contribution in [3.63, 3.8) is 0 Å². The predicted molar refractivity (Wildman–Crippen MR) is 125 cm³/mol. The fourth-order valence-corrected chi connectivity index (χ4v) is 4.74. The molecule has 0 bridgehead atoms. The van der Waals surface area contributed by atoms with Crippen molar-refractivity contribution in [1.82, 2.24) is 9.97 Å². The maximum absolute atomic E-state index is 13.8. The summed E-state index contributed by atoms with van der Waals surface area (Å²) in [5.74, 6) is -0.171. The molecule has 3 aromatic rings. The fourth-order valence-electron chi connectivity index (χ4n) is 3.54. The smallest absolute Gasteiger partial charge is 0.416 e. The third kappa shape index (κ3) is 6.34. The maximum atomic E-state index is 13.8. The first kappa shape index (κ1) is 25.7. The van der Waals surface area contributed by atoms with Crippen LogP contribution in [0, 0.1) is 6.92 Å². The lowest BCUT2D eigenvalue weighted by atomic mass is 9.93. The number of alkyl halides is 3. The van der Waals surface area contributed by atoms with Crippen molar-refractivity contribution < 1.29 is 27.4 Å². The van der Waals surface area contributed by atoms with Gasteiger partial charge >= 0.3 is 12.1 Å². The Morgan fingerprint density at radius 2 is 1.94 bits per heavy atom. The van der Waals surface area contributed by atoms with E-state index in [1.165, 1.54) is 24.2 Å². The molecule has 1 unspecified atom stereocenters. The molecule has 0 saturated carbocycles. The highest BCUT2D eigenvalue weighted by atomic mass is 32.2. The van der Waals surface area contributed by atoms with Crippen LogP contribution in [0.25, 0.3) is 0 Å². The van der Waals surface area contributed by atoms with Gasteiger partial charge in [0, 0.05) is 11.1 Å². The van der Waals surface area contributed by atoms with Crippen molar-refractivity contribution in [1.29, 1.82) is 0 Å². The number of aromatic nitrogens is 2. The lowest BCUT2D eigenvalue weighted by Gasteiger charge is -2.21. The Morgan fingerprint density at radius 3 is 2.53 bits per heavy atom. The first-order chi connectivity index (χ1) is 16.1. The van der Waals surface area contributed by atoms with Crippen LogP contribution in [0.15, 0.2) is 53.8 Å². The minimum Gasteiger partial charge on any atom is -0.482 e. The summed E-state index contributed by atoms with van der Waals surface area (Å²) in [7, 11) is 0. The standard InChI is InChI=1S/C25H27F3N2O3S/c1-5-32-23(31)13-33-22-9-7-18(10-16(22)4)34-24(21-12-29-14-30-21)17-6-8-19(15(2)3)20(11-17)25(26,27)28/h6-12,14-15,24H,5,13H2,1-4H3,(H,29,30). The summed E-state index contributed by atoms with van der Waals surface area (Å²) in [5, 5.41) is -0.435. The molecule has 3 rings (SSSR count). The van der Waals surface area contributed by atoms with E-state index in [1.807, 2.05) is 19.1 Å². The van der Waals surface area contributed by atoms with Crippen molar-refractivity contribution in [2.45, 2.75) is 49.9 Å². The third-order valence-electron chi connectivity index (χ3n) is 5.16. The molecule has 182 valence electrons. The van der Waals surface area contributed by atoms with Gasteiger partial charge in [-0.25, -0.2) is 9.78 Å². The molecule has 0 spiro atoms. The van der Waals surface area contributed by atoms with E-state index in [4.69, 9.17) is 9.47 Å². The molecular weight excluding hydrogens is 465 g/mol. The van der Waals surface area contributed by atoms with Crippen LogP contribution in [0.4, 0.5) is 13.2 Å². The van der Waals surface area contributed by atoms with Crippen LogP contribution in [-0.2, 0) is 15.7 Å². The predicted octanol–water partition coefficient (Wildman–Crippen LogP) is 6.68. The molecule has 2 aromatic carbocycles. The van der Waals surface area contributed by atoms with E-state index < -0.39 is 23.0 Å². The molecule has 34 heavy (non-hydrogen) atoms. The number of imidazole rings is 1. The van der Waals surface area contributed by atoms with Gasteiger partial charge in [0.05, 0.1) is 29.4 Å². The Bertz CT molecular complexity index is 1120. The summed E-state index contributed by atoms with van der Waals surface area (Å²) in [4.78, 5) is 19.5. The number of halogens is 3. The van der Waals surface area contributed by atoms with Crippen molar-refractivity contribution in [2.75, 3.05) is 13.2 Å². The topological polar surface area (TPSA) is 64.2 Å². The number of nitrogens with one attached hydrogen (secondary N) is 1. The van der Waals surface area contributed by atoms with Gasteiger partial charge in [-0.1, -0.05) is 26.0 Å². The summed E-state index contributed by atoms with van der Waals surface area (Å²) in [5.41, 5.74) is 1.65. The van der Waals surface area contributed by atoms with Crippen molar-refractivity contribution >= 4 is 17.7 Å². The zero-order chi connectivity index (χ0) is 24.9. The van der Waals surface area contributed by atoms with Gasteiger partial charge in [0.15, 0.2) is 6.61 Å². The van der Waals surface area contributed by atoms with Gasteiger partial charge in [-0.05, 0) is 60.7 Å². The quantitative estimate of drug-likeness (QED) is 0.267. The number of hydrogen-bond acceptors (Lipinski definition) is 5. The van der Waals surface area contributed by atoms with Gasteiger partial charge in [-0.3, -0.25) is 0 Å². The SMILES string of the molecule is CCOC(=O)COc1ccc(SC(c2ccc(C(C)C)c(C(F)(F)F)c2)c2cnc[nH]2)cc1C. The first-order valence-electron chi connectivity index (χ1n) is 10.8. The molecular formula is C25H27F3N2O3S. The molecule has 0 radical (unpaired) electrons. The fraction of sp³-hybridized carbons (Fsp3) is 0.360. The molecule has 0 aliphatic rings. The highest BCUT2D eigenvalue weighted by Gasteiger charge is 2.35. The molecule has 1 N–H and O–H groups in total. The first-order valence-corrected chi connectivity index (χ1v) is 11.7. The summed E-state index contributed by atoms with van der Waals surface area (Å²) in [6.07, 6.45) is -1.33. The largest absolute Gasteiger partial charge is 0.482 e. The van der Waals surface area contributed by atoms with Gasteiger partial charge < -0.3 is 14.5 Å². The molecule has 1 heterocycles. The molecule has 9 heteroatoms. The second kappa shape index (κ2) is 11.0. The van der Waals surface area contributed by atoms with E-state index in [2.05, 4.69) is 9.97 Å². The molecule has 0 saturated heterocycles. The molecule has 0 aliphatic heterocycles. The average Bonchev–Trinajstić information content (AvgIpc) is 3.30. The monoisotopic (exact) mass is 492 g/mol. The van der Waals surface area contributed by atoms with E-state index in [-0.39, 0.29) is 24.7 Å². The Morgan fingerprint density at radius 1 is 1.18 bits per heavy atom. The van der Waals surface area contributed by atoms with Crippen molar-refractivity contribution in [3.8, 4) is 5.75 Å².